The van der Waals surface area contributed by atoms with Crippen LogP contribution in [0.2, 0.25) is 0 Å². The van der Waals surface area contributed by atoms with Gasteiger partial charge in [0.25, 0.3) is 0 Å². The molecule has 0 amide bonds. The topological polar surface area (TPSA) is 124 Å². The van der Waals surface area contributed by atoms with Gasteiger partial charge in [0, 0.05) is 20.8 Å². The van der Waals surface area contributed by atoms with Crippen LogP contribution >= 0.6 is 0 Å². The Morgan fingerprint density at radius 3 is 2.25 bits per heavy atom. The monoisotopic (exact) mass is 346 g/mol. The molecule has 0 bridgehead atoms. The molecule has 0 saturated carbocycles. The Bertz CT molecular complexity index is 530. The number of fused-ring (bicyclic) bond motifs is 1. The van der Waals surface area contributed by atoms with Gasteiger partial charge in [-0.15, -0.1) is 0 Å². The van der Waals surface area contributed by atoms with Crippen LogP contribution in [0, 0.1) is 0 Å². The van der Waals surface area contributed by atoms with Crippen molar-refractivity contribution in [3.63, 3.8) is 0 Å². The summed E-state index contributed by atoms with van der Waals surface area (Å²) in [6.07, 6.45) is -5.40. The maximum absolute atomic E-state index is 11.5. The molecule has 24 heavy (non-hydrogen) atoms. The molecule has 0 aromatic heterocycles. The molecular weight excluding hydrogens is 328 g/mol. The Hall–Kier alpha value is -2.20. The van der Waals surface area contributed by atoms with E-state index in [0.29, 0.717) is 0 Å². The second kappa shape index (κ2) is 7.58. The SMILES string of the molecule is CC(=O)OC[C@H]1O[C@@H]2OCC(=O)O[C@@H]2[C@@H](OC(C)=O)[C@H]1OC(C)=O. The van der Waals surface area contributed by atoms with Crippen molar-refractivity contribution < 1.29 is 47.6 Å². The third kappa shape index (κ3) is 4.42. The van der Waals surface area contributed by atoms with Crippen molar-refractivity contribution in [3.05, 3.63) is 0 Å². The van der Waals surface area contributed by atoms with Gasteiger partial charge < -0.3 is 28.4 Å². The molecule has 0 N–H and O–H groups in total. The number of hydrogen-bond acceptors (Lipinski definition) is 10. The minimum absolute atomic E-state index is 0.258. The summed E-state index contributed by atoms with van der Waals surface area (Å²) in [5, 5.41) is 0. The highest BCUT2D eigenvalue weighted by atomic mass is 16.8. The molecule has 2 fully saturated rings. The Balaban J connectivity index is 2.27. The summed E-state index contributed by atoms with van der Waals surface area (Å²) >= 11 is 0. The molecule has 2 rings (SSSR count). The maximum Gasteiger partial charge on any atom is 0.332 e. The van der Waals surface area contributed by atoms with Crippen LogP contribution in [0.5, 0.6) is 0 Å². The predicted molar refractivity (Wildman–Crippen MR) is 72.2 cm³/mol. The molecule has 2 heterocycles. The average molecular weight is 346 g/mol. The Labute approximate surface area is 137 Å². The molecule has 0 radical (unpaired) electrons. The zero-order valence-electron chi connectivity index (χ0n) is 13.4. The van der Waals surface area contributed by atoms with Gasteiger partial charge in [0.15, 0.2) is 24.6 Å². The number of hydrogen-bond donors (Lipinski definition) is 0. The van der Waals surface area contributed by atoms with Crippen molar-refractivity contribution >= 4 is 23.9 Å². The fourth-order valence-corrected chi connectivity index (χ4v) is 2.47. The number of esters is 4. The van der Waals surface area contributed by atoms with E-state index < -0.39 is 54.6 Å². The third-order valence-electron chi connectivity index (χ3n) is 3.28. The van der Waals surface area contributed by atoms with Crippen LogP contribution in [0.3, 0.4) is 0 Å². The van der Waals surface area contributed by atoms with E-state index in [1.807, 2.05) is 0 Å². The molecule has 134 valence electrons. The lowest BCUT2D eigenvalue weighted by molar-refractivity contribution is -0.323. The summed E-state index contributed by atoms with van der Waals surface area (Å²) < 4.78 is 31.1. The first kappa shape index (κ1) is 18.1. The maximum atomic E-state index is 11.5. The third-order valence-corrected chi connectivity index (χ3v) is 3.28. The van der Waals surface area contributed by atoms with Crippen LogP contribution < -0.4 is 0 Å². The standard InChI is InChI=1S/C14H18O10/c1-6(15)19-4-9-11(21-7(2)16)12(22-8(3)17)13-14(23-9)20-5-10(18)24-13/h9,11-14H,4-5H2,1-3H3/t9-,11+,12+,13-,14+/m1/s1. The van der Waals surface area contributed by atoms with Gasteiger partial charge in [-0.2, -0.15) is 0 Å². The van der Waals surface area contributed by atoms with E-state index >= 15 is 0 Å². The Kier molecular flexibility index (Phi) is 5.73. The summed E-state index contributed by atoms with van der Waals surface area (Å²) in [6, 6.07) is 0. The van der Waals surface area contributed by atoms with Crippen LogP contribution in [0.4, 0.5) is 0 Å². The van der Waals surface area contributed by atoms with E-state index in [1.54, 1.807) is 0 Å². The van der Waals surface area contributed by atoms with Crippen molar-refractivity contribution in [2.45, 2.75) is 51.5 Å². The van der Waals surface area contributed by atoms with Gasteiger partial charge >= 0.3 is 23.9 Å². The van der Waals surface area contributed by atoms with Crippen molar-refractivity contribution in [1.82, 2.24) is 0 Å². The number of ether oxygens (including phenoxy) is 6. The molecule has 0 unspecified atom stereocenters. The first-order valence-corrected chi connectivity index (χ1v) is 7.22. The minimum Gasteiger partial charge on any atom is -0.463 e. The molecule has 2 aliphatic heterocycles. The first-order valence-electron chi connectivity index (χ1n) is 7.22. The van der Waals surface area contributed by atoms with Gasteiger partial charge in [-0.05, 0) is 0 Å². The van der Waals surface area contributed by atoms with Crippen LogP contribution in [0.1, 0.15) is 20.8 Å². The van der Waals surface area contributed by atoms with Gasteiger partial charge in [-0.25, -0.2) is 4.79 Å². The highest BCUT2D eigenvalue weighted by molar-refractivity contribution is 5.72. The molecule has 0 spiro atoms. The molecule has 2 aliphatic rings. The summed E-state index contributed by atoms with van der Waals surface area (Å²) in [4.78, 5) is 45.3. The Morgan fingerprint density at radius 2 is 1.67 bits per heavy atom. The van der Waals surface area contributed by atoms with E-state index in [-0.39, 0.29) is 13.2 Å². The lowest BCUT2D eigenvalue weighted by atomic mass is 9.98. The van der Waals surface area contributed by atoms with Gasteiger partial charge in [0.2, 0.25) is 0 Å². The molecule has 5 atom stereocenters. The normalized spacial score (nSPS) is 32.1. The number of carbonyl (C=O) groups excluding carboxylic acids is 4. The second-order valence-corrected chi connectivity index (χ2v) is 5.26. The van der Waals surface area contributed by atoms with Crippen molar-refractivity contribution in [3.8, 4) is 0 Å². The van der Waals surface area contributed by atoms with E-state index in [0.717, 1.165) is 13.8 Å². The van der Waals surface area contributed by atoms with Crippen LogP contribution in [0.15, 0.2) is 0 Å². The predicted octanol–water partition coefficient (Wildman–Crippen LogP) is -0.920. The summed E-state index contributed by atoms with van der Waals surface area (Å²) in [5.74, 6) is -2.58. The number of rotatable bonds is 4. The number of carbonyl (C=O) groups is 4. The van der Waals surface area contributed by atoms with E-state index in [1.165, 1.54) is 6.92 Å². The van der Waals surface area contributed by atoms with Gasteiger partial charge in [0.05, 0.1) is 0 Å². The largest absolute Gasteiger partial charge is 0.463 e. The minimum atomic E-state index is -1.16. The van der Waals surface area contributed by atoms with Gasteiger partial charge in [-0.3, -0.25) is 14.4 Å². The Morgan fingerprint density at radius 1 is 1.04 bits per heavy atom. The molecule has 2 saturated heterocycles. The van der Waals surface area contributed by atoms with Crippen molar-refractivity contribution in [2.24, 2.45) is 0 Å². The summed E-state index contributed by atoms with van der Waals surface area (Å²) in [5.41, 5.74) is 0. The average Bonchev–Trinajstić information content (AvgIpc) is 2.47. The quantitative estimate of drug-likeness (QED) is 0.466. The first-order chi connectivity index (χ1) is 11.3. The van der Waals surface area contributed by atoms with Gasteiger partial charge in [-0.1, -0.05) is 0 Å². The smallest absolute Gasteiger partial charge is 0.332 e. The van der Waals surface area contributed by atoms with Crippen LogP contribution in [-0.2, 0) is 47.6 Å². The fraction of sp³-hybridized carbons (Fsp3) is 0.714. The fourth-order valence-electron chi connectivity index (χ4n) is 2.47. The molecule has 0 aliphatic carbocycles. The lowest BCUT2D eigenvalue weighted by Gasteiger charge is -2.45. The molecule has 0 aromatic carbocycles. The molecule has 10 nitrogen and oxygen atoms in total. The zero-order valence-corrected chi connectivity index (χ0v) is 13.4. The summed E-state index contributed by atoms with van der Waals surface area (Å²) in [7, 11) is 0. The zero-order chi connectivity index (χ0) is 17.9. The van der Waals surface area contributed by atoms with Crippen LogP contribution in [0.25, 0.3) is 0 Å². The van der Waals surface area contributed by atoms with Gasteiger partial charge in [0.1, 0.15) is 19.3 Å². The highest BCUT2D eigenvalue weighted by Crippen LogP contribution is 2.31. The lowest BCUT2D eigenvalue weighted by Crippen LogP contribution is -2.64. The van der Waals surface area contributed by atoms with E-state index in [2.05, 4.69) is 0 Å². The van der Waals surface area contributed by atoms with E-state index in [4.69, 9.17) is 28.4 Å². The van der Waals surface area contributed by atoms with E-state index in [9.17, 15) is 19.2 Å². The highest BCUT2D eigenvalue weighted by Gasteiger charge is 2.54. The second-order valence-electron chi connectivity index (χ2n) is 5.26. The molecule has 0 aromatic rings. The van der Waals surface area contributed by atoms with Crippen molar-refractivity contribution in [1.29, 1.82) is 0 Å². The molecular formula is C14H18O10. The van der Waals surface area contributed by atoms with Crippen LogP contribution in [-0.4, -0.2) is 67.8 Å². The summed E-state index contributed by atoms with van der Waals surface area (Å²) in [6.45, 7) is 2.91. The molecule has 10 heteroatoms. The van der Waals surface area contributed by atoms with Crippen molar-refractivity contribution in [2.75, 3.05) is 13.2 Å².